The largest absolute Gasteiger partial charge is 0.0991 e. The molecular weight excluding hydrogens is 216 g/mol. The summed E-state index contributed by atoms with van der Waals surface area (Å²) in [5, 5.41) is 0. The summed E-state index contributed by atoms with van der Waals surface area (Å²) in [6, 6.07) is 0. The lowest BCUT2D eigenvalue weighted by molar-refractivity contribution is 0.611. The fraction of sp³-hybridized carbons (Fsp3) is 0.667. The Kier molecular flexibility index (Phi) is 15.5. The fourth-order valence-corrected chi connectivity index (χ4v) is 2.00. The molecule has 0 aromatic heterocycles. The van der Waals surface area contributed by atoms with Crippen LogP contribution in [0.15, 0.2) is 37.0 Å². The Balaban J connectivity index is 3.09. The van der Waals surface area contributed by atoms with Gasteiger partial charge in [-0.05, 0) is 38.5 Å². The summed E-state index contributed by atoms with van der Waals surface area (Å²) in [5.74, 6) is 0. The molecule has 104 valence electrons. The van der Waals surface area contributed by atoms with Crippen molar-refractivity contribution in [3.8, 4) is 0 Å². The van der Waals surface area contributed by atoms with Gasteiger partial charge in [0.25, 0.3) is 0 Å². The minimum atomic E-state index is 1.19. The zero-order chi connectivity index (χ0) is 13.3. The first-order chi connectivity index (χ1) is 8.91. The number of unbranched alkanes of at least 4 members (excludes halogenated alkanes) is 9. The molecule has 0 rings (SSSR count). The third kappa shape index (κ3) is 15.2. The molecule has 0 heterocycles. The van der Waals surface area contributed by atoms with Gasteiger partial charge in [-0.2, -0.15) is 0 Å². The maximum Gasteiger partial charge on any atom is -0.0348 e. The molecule has 0 aliphatic carbocycles. The van der Waals surface area contributed by atoms with E-state index in [2.05, 4.69) is 31.7 Å². The lowest BCUT2D eigenvalue weighted by Gasteiger charge is -1.97. The molecule has 0 aromatic carbocycles. The van der Waals surface area contributed by atoms with E-state index < -0.39 is 0 Å². The van der Waals surface area contributed by atoms with Crippen molar-refractivity contribution in [1.29, 1.82) is 0 Å². The Morgan fingerprint density at radius 1 is 0.667 bits per heavy atom. The monoisotopic (exact) mass is 248 g/mol. The van der Waals surface area contributed by atoms with Gasteiger partial charge in [-0.15, -0.1) is 0 Å². The molecule has 0 heteroatoms. The molecule has 0 saturated carbocycles. The second kappa shape index (κ2) is 16.2. The minimum Gasteiger partial charge on any atom is -0.0991 e. The van der Waals surface area contributed by atoms with Crippen molar-refractivity contribution in [3.05, 3.63) is 37.0 Å². The summed E-state index contributed by atoms with van der Waals surface area (Å²) in [6.07, 6.45) is 25.6. The Morgan fingerprint density at radius 3 is 1.78 bits per heavy atom. The second-order valence-corrected chi connectivity index (χ2v) is 4.98. The summed E-state index contributed by atoms with van der Waals surface area (Å²) in [7, 11) is 0. The molecule has 0 nitrogen and oxygen atoms in total. The molecule has 18 heavy (non-hydrogen) atoms. The van der Waals surface area contributed by atoms with Crippen LogP contribution < -0.4 is 0 Å². The van der Waals surface area contributed by atoms with Gasteiger partial charge < -0.3 is 0 Å². The van der Waals surface area contributed by atoms with Crippen LogP contribution >= 0.6 is 0 Å². The molecule has 0 amide bonds. The van der Waals surface area contributed by atoms with E-state index >= 15 is 0 Å². The highest BCUT2D eigenvalue weighted by molar-refractivity contribution is 4.96. The van der Waals surface area contributed by atoms with E-state index in [1.165, 1.54) is 70.6 Å². The number of allylic oxidation sites excluding steroid dienone is 5. The molecule has 0 fully saturated rings. The van der Waals surface area contributed by atoms with Crippen LogP contribution in [0.4, 0.5) is 0 Å². The van der Waals surface area contributed by atoms with Crippen molar-refractivity contribution >= 4 is 0 Å². The predicted molar refractivity (Wildman–Crippen MR) is 84.9 cm³/mol. The highest BCUT2D eigenvalue weighted by Crippen LogP contribution is 2.08. The molecule has 0 N–H and O–H groups in total. The first kappa shape index (κ1) is 17.2. The van der Waals surface area contributed by atoms with Gasteiger partial charge in [0, 0.05) is 0 Å². The molecule has 0 aromatic rings. The van der Waals surface area contributed by atoms with Gasteiger partial charge in [0.05, 0.1) is 0 Å². The first-order valence-electron chi connectivity index (χ1n) is 7.84. The summed E-state index contributed by atoms with van der Waals surface area (Å²) in [5.41, 5.74) is 0. The second-order valence-electron chi connectivity index (χ2n) is 4.98. The van der Waals surface area contributed by atoms with E-state index in [-0.39, 0.29) is 0 Å². The van der Waals surface area contributed by atoms with Crippen molar-refractivity contribution in [3.63, 3.8) is 0 Å². The molecule has 0 radical (unpaired) electrons. The van der Waals surface area contributed by atoms with E-state index in [9.17, 15) is 0 Å². The molecule has 0 unspecified atom stereocenters. The van der Waals surface area contributed by atoms with E-state index in [0.717, 1.165) is 0 Å². The van der Waals surface area contributed by atoms with Crippen LogP contribution in [0.5, 0.6) is 0 Å². The van der Waals surface area contributed by atoms with Gasteiger partial charge in [-0.3, -0.25) is 0 Å². The van der Waals surface area contributed by atoms with Gasteiger partial charge in [-0.1, -0.05) is 76.0 Å². The van der Waals surface area contributed by atoms with E-state index in [4.69, 9.17) is 0 Å². The van der Waals surface area contributed by atoms with Crippen LogP contribution in [0.25, 0.3) is 0 Å². The van der Waals surface area contributed by atoms with Crippen molar-refractivity contribution in [2.75, 3.05) is 0 Å². The molecule has 0 aliphatic rings. The Labute approximate surface area is 115 Å². The zero-order valence-electron chi connectivity index (χ0n) is 12.4. The van der Waals surface area contributed by atoms with Crippen molar-refractivity contribution in [1.82, 2.24) is 0 Å². The number of hydrogen-bond donors (Lipinski definition) is 0. The third-order valence-electron chi connectivity index (χ3n) is 3.15. The first-order valence-corrected chi connectivity index (χ1v) is 7.84. The summed E-state index contributed by atoms with van der Waals surface area (Å²) >= 11 is 0. The average molecular weight is 248 g/mol. The maximum atomic E-state index is 3.66. The standard InChI is InChI=1S/C18H32/c1-3-5-7-9-11-13-15-17-18-16-14-12-10-8-6-4-2/h3,5,7,17-18H,1,4,6,8-16H2,2H3. The molecule has 0 spiro atoms. The number of rotatable bonds is 13. The van der Waals surface area contributed by atoms with Crippen LogP contribution in [0.3, 0.4) is 0 Å². The quantitative estimate of drug-likeness (QED) is 0.196. The molecular formula is C18H32. The van der Waals surface area contributed by atoms with Crippen molar-refractivity contribution < 1.29 is 0 Å². The topological polar surface area (TPSA) is 0 Å². The molecule has 0 bridgehead atoms. The van der Waals surface area contributed by atoms with Gasteiger partial charge in [0.1, 0.15) is 0 Å². The van der Waals surface area contributed by atoms with Gasteiger partial charge >= 0.3 is 0 Å². The summed E-state index contributed by atoms with van der Waals surface area (Å²) in [4.78, 5) is 0. The van der Waals surface area contributed by atoms with Gasteiger partial charge in [0.2, 0.25) is 0 Å². The molecule has 0 atom stereocenters. The van der Waals surface area contributed by atoms with Crippen LogP contribution in [-0.2, 0) is 0 Å². The lowest BCUT2D eigenvalue weighted by Crippen LogP contribution is -1.78. The van der Waals surface area contributed by atoms with Crippen LogP contribution in [0.1, 0.15) is 77.6 Å². The Bertz CT molecular complexity index is 210. The van der Waals surface area contributed by atoms with Crippen molar-refractivity contribution in [2.45, 2.75) is 77.6 Å². The average Bonchev–Trinajstić information content (AvgIpc) is 2.39. The predicted octanol–water partition coefficient (Wildman–Crippen LogP) is 6.60. The Hall–Kier alpha value is -0.780. The summed E-state index contributed by atoms with van der Waals surface area (Å²) in [6.45, 7) is 5.94. The molecule has 0 aliphatic heterocycles. The highest BCUT2D eigenvalue weighted by Gasteiger charge is 1.88. The van der Waals surface area contributed by atoms with Crippen LogP contribution in [0.2, 0.25) is 0 Å². The number of hydrogen-bond acceptors (Lipinski definition) is 0. The highest BCUT2D eigenvalue weighted by atomic mass is 13.9. The van der Waals surface area contributed by atoms with Gasteiger partial charge in [-0.25, -0.2) is 0 Å². The van der Waals surface area contributed by atoms with E-state index in [1.54, 1.807) is 0 Å². The third-order valence-corrected chi connectivity index (χ3v) is 3.15. The minimum absolute atomic E-state index is 1.19. The van der Waals surface area contributed by atoms with Crippen LogP contribution in [0, 0.1) is 0 Å². The van der Waals surface area contributed by atoms with Gasteiger partial charge in [0.15, 0.2) is 0 Å². The Morgan fingerprint density at radius 2 is 1.17 bits per heavy atom. The van der Waals surface area contributed by atoms with E-state index in [1.807, 2.05) is 12.2 Å². The maximum absolute atomic E-state index is 3.66. The normalized spacial score (nSPS) is 11.6. The molecule has 0 saturated heterocycles. The smallest absolute Gasteiger partial charge is 0.0348 e. The van der Waals surface area contributed by atoms with E-state index in [0.29, 0.717) is 0 Å². The fourth-order valence-electron chi connectivity index (χ4n) is 2.00. The summed E-state index contributed by atoms with van der Waals surface area (Å²) < 4.78 is 0. The lowest BCUT2D eigenvalue weighted by atomic mass is 10.1. The van der Waals surface area contributed by atoms with Crippen molar-refractivity contribution in [2.24, 2.45) is 0 Å². The SMILES string of the molecule is C=CC=CCCCCC=CCCCCCCCC. The van der Waals surface area contributed by atoms with Crippen LogP contribution in [-0.4, -0.2) is 0 Å². The zero-order valence-corrected chi connectivity index (χ0v) is 12.4.